The van der Waals surface area contributed by atoms with Gasteiger partial charge in [-0.2, -0.15) is 8.78 Å². The SMILES string of the molecule is CC1(C)C(=O)N(Cc2ccc(-c3nnc(C(F)F)o3)cn2)C(=O)c2ccc(-c3ccccc3F)cc21. The third-order valence-corrected chi connectivity index (χ3v) is 6.15. The van der Waals surface area contributed by atoms with Crippen molar-refractivity contribution in [3.63, 3.8) is 0 Å². The van der Waals surface area contributed by atoms with Crippen molar-refractivity contribution in [2.45, 2.75) is 32.2 Å². The van der Waals surface area contributed by atoms with Crippen LogP contribution in [0.2, 0.25) is 0 Å². The molecule has 0 aliphatic carbocycles. The molecule has 0 fully saturated rings. The fourth-order valence-corrected chi connectivity index (χ4v) is 4.19. The van der Waals surface area contributed by atoms with Gasteiger partial charge >= 0.3 is 6.43 Å². The molecule has 2 amide bonds. The van der Waals surface area contributed by atoms with E-state index >= 15 is 0 Å². The van der Waals surface area contributed by atoms with E-state index in [1.165, 1.54) is 18.3 Å². The molecule has 0 unspecified atom stereocenters. The highest BCUT2D eigenvalue weighted by Gasteiger charge is 2.44. The summed E-state index contributed by atoms with van der Waals surface area (Å²) in [6.45, 7) is 3.33. The van der Waals surface area contributed by atoms with Crippen LogP contribution in [0.3, 0.4) is 0 Å². The molecule has 4 aromatic rings. The number of aromatic nitrogens is 3. The molecule has 0 radical (unpaired) electrons. The van der Waals surface area contributed by atoms with E-state index in [0.29, 0.717) is 33.5 Å². The maximum absolute atomic E-state index is 14.3. The first-order chi connectivity index (χ1) is 17.2. The Bertz CT molecular complexity index is 1480. The van der Waals surface area contributed by atoms with Crippen molar-refractivity contribution in [3.05, 3.63) is 89.3 Å². The lowest BCUT2D eigenvalue weighted by atomic mass is 9.76. The topological polar surface area (TPSA) is 89.2 Å². The quantitative estimate of drug-likeness (QED) is 0.350. The lowest BCUT2D eigenvalue weighted by Gasteiger charge is -2.37. The van der Waals surface area contributed by atoms with Crippen LogP contribution in [0, 0.1) is 5.82 Å². The lowest BCUT2D eigenvalue weighted by Crippen LogP contribution is -2.51. The first-order valence-corrected chi connectivity index (χ1v) is 11.0. The molecular formula is C26H19F3N4O3. The van der Waals surface area contributed by atoms with Crippen molar-refractivity contribution in [2.75, 3.05) is 0 Å². The predicted octanol–water partition coefficient (Wildman–Crippen LogP) is 5.34. The number of nitrogens with zero attached hydrogens (tertiary/aromatic N) is 4. The molecule has 0 saturated heterocycles. The van der Waals surface area contributed by atoms with Gasteiger partial charge in [0.15, 0.2) is 0 Å². The molecule has 7 nitrogen and oxygen atoms in total. The van der Waals surface area contributed by atoms with E-state index in [2.05, 4.69) is 15.2 Å². The summed E-state index contributed by atoms with van der Waals surface area (Å²) in [4.78, 5) is 32.0. The standard InChI is InChI=1S/C26H19F3N4O3/c1-26(2)19-11-14(17-5-3-4-6-20(17)27)8-10-18(19)24(34)33(25(26)35)13-16-9-7-15(12-30-16)22-31-32-23(36-22)21(28)29/h3-12,21H,13H2,1-2H3. The Morgan fingerprint density at radius 3 is 2.39 bits per heavy atom. The summed E-state index contributed by atoms with van der Waals surface area (Å²) < 4.78 is 44.6. The third-order valence-electron chi connectivity index (χ3n) is 6.15. The number of alkyl halides is 2. The second kappa shape index (κ2) is 8.71. The minimum Gasteiger partial charge on any atom is -0.415 e. The number of halogens is 3. The Balaban J connectivity index is 1.43. The van der Waals surface area contributed by atoms with Gasteiger partial charge in [-0.1, -0.05) is 24.3 Å². The van der Waals surface area contributed by atoms with Gasteiger partial charge in [0.2, 0.25) is 11.8 Å². The number of benzene rings is 2. The summed E-state index contributed by atoms with van der Waals surface area (Å²) in [6.07, 6.45) is -1.54. The van der Waals surface area contributed by atoms with Crippen LogP contribution in [-0.2, 0) is 16.8 Å². The van der Waals surface area contributed by atoms with Crippen LogP contribution in [-0.4, -0.2) is 31.9 Å². The molecule has 5 rings (SSSR count). The van der Waals surface area contributed by atoms with Crippen LogP contribution in [0.15, 0.2) is 65.2 Å². The Morgan fingerprint density at radius 2 is 1.72 bits per heavy atom. The van der Waals surface area contributed by atoms with Crippen LogP contribution in [0.1, 0.15) is 47.8 Å². The Kier molecular flexibility index (Phi) is 5.66. The minimum absolute atomic E-state index is 0.0952. The molecule has 3 heterocycles. The maximum Gasteiger partial charge on any atom is 0.314 e. The monoisotopic (exact) mass is 492 g/mol. The molecule has 0 spiro atoms. The van der Waals surface area contributed by atoms with Crippen LogP contribution in [0.5, 0.6) is 0 Å². The van der Waals surface area contributed by atoms with E-state index in [1.54, 1.807) is 56.3 Å². The van der Waals surface area contributed by atoms with Crippen molar-refractivity contribution < 1.29 is 27.2 Å². The summed E-state index contributed by atoms with van der Waals surface area (Å²) in [5.41, 5.74) is 1.48. The van der Waals surface area contributed by atoms with Gasteiger partial charge in [-0.3, -0.25) is 19.5 Å². The summed E-state index contributed by atoms with van der Waals surface area (Å²) in [6, 6.07) is 14.3. The summed E-state index contributed by atoms with van der Waals surface area (Å²) in [5.74, 6) is -2.22. The number of amides is 2. The number of carbonyl (C=O) groups excluding carboxylic acids is 2. The van der Waals surface area contributed by atoms with E-state index in [0.717, 1.165) is 4.90 Å². The maximum atomic E-state index is 14.3. The van der Waals surface area contributed by atoms with Crippen molar-refractivity contribution >= 4 is 11.8 Å². The van der Waals surface area contributed by atoms with Crippen LogP contribution in [0.25, 0.3) is 22.6 Å². The molecule has 0 N–H and O–H groups in total. The van der Waals surface area contributed by atoms with Gasteiger partial charge in [-0.05, 0) is 55.3 Å². The van der Waals surface area contributed by atoms with E-state index in [9.17, 15) is 22.8 Å². The zero-order valence-corrected chi connectivity index (χ0v) is 19.2. The number of rotatable bonds is 5. The fraction of sp³-hybridized carbons (Fsp3) is 0.192. The summed E-state index contributed by atoms with van der Waals surface area (Å²) in [5, 5.41) is 6.86. The molecule has 36 heavy (non-hydrogen) atoms. The highest BCUT2D eigenvalue weighted by atomic mass is 19.3. The summed E-state index contributed by atoms with van der Waals surface area (Å²) >= 11 is 0. The Morgan fingerprint density at radius 1 is 0.972 bits per heavy atom. The molecule has 10 heteroatoms. The van der Waals surface area contributed by atoms with Gasteiger partial charge in [-0.15, -0.1) is 10.2 Å². The molecule has 0 atom stereocenters. The van der Waals surface area contributed by atoms with E-state index < -0.39 is 35.4 Å². The fourth-order valence-electron chi connectivity index (χ4n) is 4.19. The van der Waals surface area contributed by atoms with Gasteiger partial charge in [0.05, 0.1) is 23.2 Å². The minimum atomic E-state index is -2.89. The zero-order chi connectivity index (χ0) is 25.6. The van der Waals surface area contributed by atoms with Crippen LogP contribution < -0.4 is 0 Å². The van der Waals surface area contributed by atoms with E-state index in [-0.39, 0.29) is 12.4 Å². The number of fused-ring (bicyclic) bond motifs is 1. The molecular weight excluding hydrogens is 473 g/mol. The zero-order valence-electron chi connectivity index (χ0n) is 19.2. The van der Waals surface area contributed by atoms with Gasteiger partial charge in [0.1, 0.15) is 5.82 Å². The van der Waals surface area contributed by atoms with Gasteiger partial charge in [0, 0.05) is 17.3 Å². The average molecular weight is 492 g/mol. The Labute approximate surface area is 203 Å². The van der Waals surface area contributed by atoms with Gasteiger partial charge in [-0.25, -0.2) is 4.39 Å². The highest BCUT2D eigenvalue weighted by molar-refractivity contribution is 6.13. The Hall–Kier alpha value is -4.34. The molecule has 2 aromatic heterocycles. The van der Waals surface area contributed by atoms with Gasteiger partial charge < -0.3 is 4.42 Å². The predicted molar refractivity (Wildman–Crippen MR) is 122 cm³/mol. The normalized spacial score (nSPS) is 14.9. The highest BCUT2D eigenvalue weighted by Crippen LogP contribution is 2.38. The summed E-state index contributed by atoms with van der Waals surface area (Å²) in [7, 11) is 0. The van der Waals surface area contributed by atoms with Crippen molar-refractivity contribution in [2.24, 2.45) is 0 Å². The average Bonchev–Trinajstić information content (AvgIpc) is 3.37. The smallest absolute Gasteiger partial charge is 0.314 e. The van der Waals surface area contributed by atoms with Crippen molar-refractivity contribution in [1.29, 1.82) is 0 Å². The molecule has 2 aromatic carbocycles. The van der Waals surface area contributed by atoms with Crippen LogP contribution in [0.4, 0.5) is 13.2 Å². The lowest BCUT2D eigenvalue weighted by molar-refractivity contribution is -0.134. The first-order valence-electron chi connectivity index (χ1n) is 11.0. The second-order valence-electron chi connectivity index (χ2n) is 8.85. The molecule has 0 bridgehead atoms. The van der Waals surface area contributed by atoms with Crippen molar-refractivity contribution in [1.82, 2.24) is 20.1 Å². The van der Waals surface area contributed by atoms with E-state index in [4.69, 9.17) is 4.42 Å². The largest absolute Gasteiger partial charge is 0.415 e. The first kappa shape index (κ1) is 23.4. The van der Waals surface area contributed by atoms with Crippen molar-refractivity contribution in [3.8, 4) is 22.6 Å². The molecule has 182 valence electrons. The van der Waals surface area contributed by atoms with Crippen LogP contribution >= 0.6 is 0 Å². The second-order valence-corrected chi connectivity index (χ2v) is 8.85. The molecule has 1 aliphatic rings. The third kappa shape index (κ3) is 3.94. The molecule has 1 aliphatic heterocycles. The number of hydrogen-bond acceptors (Lipinski definition) is 6. The molecule has 0 saturated carbocycles. The number of pyridine rings is 1. The van der Waals surface area contributed by atoms with E-state index in [1.807, 2.05) is 0 Å². The van der Waals surface area contributed by atoms with Gasteiger partial charge in [0.25, 0.3) is 11.8 Å². The number of imide groups is 1. The number of carbonyl (C=O) groups is 2. The number of hydrogen-bond donors (Lipinski definition) is 0.